The minimum atomic E-state index is -1.35. The number of carbonyl (C=O) groups is 1. The summed E-state index contributed by atoms with van der Waals surface area (Å²) >= 11 is 0. The second-order valence-corrected chi connectivity index (χ2v) is 5.56. The number of carbonyl (C=O) groups excluding carboxylic acids is 1. The Kier molecular flexibility index (Phi) is 5.41. The second kappa shape index (κ2) is 7.33. The average molecular weight is 351 g/mol. The first-order valence-corrected chi connectivity index (χ1v) is 7.34. The van der Waals surface area contributed by atoms with Gasteiger partial charge in [-0.2, -0.15) is 5.11 Å². The monoisotopic (exact) mass is 351 g/mol. The molecule has 0 fully saturated rings. The number of rotatable bonds is 5. The van der Waals surface area contributed by atoms with E-state index in [0.29, 0.717) is 11.6 Å². The molecule has 2 rings (SSSR count). The standard InChI is InChI=1S/C17H16F3N3O2/c1-8(2)14-10(17(24)25-3)4-5-12(16(14)23-21)22-13-7-9(18)6-11(19)15(13)20/h4-8,21-22H,1-3H3. The molecule has 2 aromatic rings. The first-order valence-electron chi connectivity index (χ1n) is 7.34. The normalized spacial score (nSPS) is 10.7. The van der Waals surface area contributed by atoms with Gasteiger partial charge in [0.1, 0.15) is 11.5 Å². The van der Waals surface area contributed by atoms with Crippen LogP contribution in [-0.4, -0.2) is 13.1 Å². The summed E-state index contributed by atoms with van der Waals surface area (Å²) < 4.78 is 45.3. The number of nitrogens with zero attached hydrogens (tertiary/aromatic N) is 1. The molecule has 0 aromatic heterocycles. The van der Waals surface area contributed by atoms with Gasteiger partial charge >= 0.3 is 5.97 Å². The van der Waals surface area contributed by atoms with Gasteiger partial charge in [-0.05, 0) is 23.6 Å². The maximum atomic E-state index is 13.9. The fraction of sp³-hybridized carbons (Fsp3) is 0.235. The van der Waals surface area contributed by atoms with Crippen molar-refractivity contribution >= 4 is 23.0 Å². The van der Waals surface area contributed by atoms with E-state index in [1.807, 2.05) is 0 Å². The average Bonchev–Trinajstić information content (AvgIpc) is 2.57. The number of anilines is 2. The molecule has 2 N–H and O–H groups in total. The van der Waals surface area contributed by atoms with Crippen LogP contribution < -0.4 is 5.32 Å². The topological polar surface area (TPSA) is 74.5 Å². The number of esters is 1. The third-order valence-corrected chi connectivity index (χ3v) is 3.57. The summed E-state index contributed by atoms with van der Waals surface area (Å²) in [6, 6.07) is 4.01. The smallest absolute Gasteiger partial charge is 0.338 e. The Morgan fingerprint density at radius 2 is 1.88 bits per heavy atom. The summed E-state index contributed by atoms with van der Waals surface area (Å²) in [5, 5.41) is 5.94. The van der Waals surface area contributed by atoms with Crippen molar-refractivity contribution < 1.29 is 22.7 Å². The van der Waals surface area contributed by atoms with Crippen molar-refractivity contribution in [2.45, 2.75) is 19.8 Å². The molecule has 0 amide bonds. The molecule has 0 unspecified atom stereocenters. The number of methoxy groups -OCH3 is 1. The van der Waals surface area contributed by atoms with Gasteiger partial charge in [0, 0.05) is 12.1 Å². The number of hydrogen-bond donors (Lipinski definition) is 2. The fourth-order valence-corrected chi connectivity index (χ4v) is 2.49. The highest BCUT2D eigenvalue weighted by molar-refractivity contribution is 5.95. The summed E-state index contributed by atoms with van der Waals surface area (Å²) in [6.45, 7) is 3.56. The molecule has 0 atom stereocenters. The van der Waals surface area contributed by atoms with E-state index in [-0.39, 0.29) is 22.9 Å². The lowest BCUT2D eigenvalue weighted by molar-refractivity contribution is 0.0599. The van der Waals surface area contributed by atoms with Crippen LogP contribution in [0.3, 0.4) is 0 Å². The van der Waals surface area contributed by atoms with E-state index in [4.69, 9.17) is 10.3 Å². The largest absolute Gasteiger partial charge is 0.465 e. The summed E-state index contributed by atoms with van der Waals surface area (Å²) in [4.78, 5) is 11.9. The predicted molar refractivity (Wildman–Crippen MR) is 86.3 cm³/mol. The molecule has 25 heavy (non-hydrogen) atoms. The summed E-state index contributed by atoms with van der Waals surface area (Å²) in [6.07, 6.45) is 0. The van der Waals surface area contributed by atoms with Crippen LogP contribution >= 0.6 is 0 Å². The van der Waals surface area contributed by atoms with Crippen LogP contribution in [0.2, 0.25) is 0 Å². The van der Waals surface area contributed by atoms with E-state index in [1.54, 1.807) is 13.8 Å². The molecule has 8 heteroatoms. The van der Waals surface area contributed by atoms with Crippen LogP contribution in [0.4, 0.5) is 30.2 Å². The summed E-state index contributed by atoms with van der Waals surface area (Å²) in [7, 11) is 1.22. The lowest BCUT2D eigenvalue weighted by atomic mass is 9.94. The fourth-order valence-electron chi connectivity index (χ4n) is 2.49. The molecule has 0 spiro atoms. The maximum Gasteiger partial charge on any atom is 0.338 e. The molecular formula is C17H16F3N3O2. The van der Waals surface area contributed by atoms with Crippen molar-refractivity contribution in [2.75, 3.05) is 12.4 Å². The first kappa shape index (κ1) is 18.4. The van der Waals surface area contributed by atoms with E-state index in [0.717, 1.165) is 6.07 Å². The number of halogens is 3. The Morgan fingerprint density at radius 1 is 1.20 bits per heavy atom. The Bertz CT molecular complexity index is 838. The number of hydrogen-bond acceptors (Lipinski definition) is 5. The lowest BCUT2D eigenvalue weighted by Crippen LogP contribution is -2.08. The summed E-state index contributed by atoms with van der Waals surface area (Å²) in [5.41, 5.74) is 7.77. The van der Waals surface area contributed by atoms with E-state index >= 15 is 0 Å². The predicted octanol–water partition coefficient (Wildman–Crippen LogP) is 5.42. The molecule has 2 aromatic carbocycles. The molecule has 0 aliphatic heterocycles. The van der Waals surface area contributed by atoms with Gasteiger partial charge in [0.05, 0.1) is 24.0 Å². The van der Waals surface area contributed by atoms with E-state index in [1.165, 1.54) is 19.2 Å². The molecule has 0 radical (unpaired) electrons. The van der Waals surface area contributed by atoms with Crippen molar-refractivity contribution in [3.8, 4) is 0 Å². The van der Waals surface area contributed by atoms with Crippen LogP contribution in [0.5, 0.6) is 0 Å². The van der Waals surface area contributed by atoms with Crippen LogP contribution in [0, 0.1) is 23.0 Å². The van der Waals surface area contributed by atoms with Gasteiger partial charge < -0.3 is 10.1 Å². The van der Waals surface area contributed by atoms with Gasteiger partial charge in [0.15, 0.2) is 11.6 Å². The zero-order valence-electron chi connectivity index (χ0n) is 13.8. The molecule has 0 saturated heterocycles. The Balaban J connectivity index is 2.62. The van der Waals surface area contributed by atoms with Crippen molar-refractivity contribution in [3.63, 3.8) is 0 Å². The van der Waals surface area contributed by atoms with Gasteiger partial charge in [0.25, 0.3) is 0 Å². The molecular weight excluding hydrogens is 335 g/mol. The third kappa shape index (κ3) is 3.62. The molecule has 0 aliphatic rings. The highest BCUT2D eigenvalue weighted by Gasteiger charge is 2.22. The van der Waals surface area contributed by atoms with E-state index in [2.05, 4.69) is 10.4 Å². The van der Waals surface area contributed by atoms with Crippen molar-refractivity contribution in [1.29, 1.82) is 5.53 Å². The lowest BCUT2D eigenvalue weighted by Gasteiger charge is -2.18. The van der Waals surface area contributed by atoms with Gasteiger partial charge in [-0.3, -0.25) is 0 Å². The molecule has 0 saturated carbocycles. The van der Waals surface area contributed by atoms with Crippen LogP contribution in [0.25, 0.3) is 0 Å². The number of benzene rings is 2. The maximum absolute atomic E-state index is 13.9. The van der Waals surface area contributed by atoms with Crippen molar-refractivity contribution in [1.82, 2.24) is 0 Å². The van der Waals surface area contributed by atoms with Crippen LogP contribution in [-0.2, 0) is 4.74 Å². The third-order valence-electron chi connectivity index (χ3n) is 3.57. The highest BCUT2D eigenvalue weighted by Crippen LogP contribution is 2.39. The zero-order valence-corrected chi connectivity index (χ0v) is 13.8. The number of ether oxygens (including phenoxy) is 1. The minimum absolute atomic E-state index is 0.0574. The Labute approximate surface area is 142 Å². The van der Waals surface area contributed by atoms with Crippen LogP contribution in [0.1, 0.15) is 35.7 Å². The second-order valence-electron chi connectivity index (χ2n) is 5.56. The highest BCUT2D eigenvalue weighted by atomic mass is 19.2. The number of nitrogens with one attached hydrogen (secondary N) is 2. The van der Waals surface area contributed by atoms with Crippen molar-refractivity contribution in [3.05, 3.63) is 52.8 Å². The van der Waals surface area contributed by atoms with Crippen LogP contribution in [0.15, 0.2) is 29.4 Å². The van der Waals surface area contributed by atoms with Gasteiger partial charge in [-0.1, -0.05) is 13.8 Å². The van der Waals surface area contributed by atoms with E-state index < -0.39 is 29.1 Å². The SMILES string of the molecule is COC(=O)c1ccc(Nc2cc(F)cc(F)c2F)c(N=N)c1C(C)C. The van der Waals surface area contributed by atoms with Gasteiger partial charge in [-0.25, -0.2) is 23.5 Å². The summed E-state index contributed by atoms with van der Waals surface area (Å²) in [5.74, 6) is -4.39. The molecule has 132 valence electrons. The Morgan fingerprint density at radius 3 is 2.44 bits per heavy atom. The Hall–Kier alpha value is -2.90. The zero-order chi connectivity index (χ0) is 18.7. The molecule has 0 bridgehead atoms. The quantitative estimate of drug-likeness (QED) is 0.429. The molecule has 0 aliphatic carbocycles. The van der Waals surface area contributed by atoms with E-state index in [9.17, 15) is 18.0 Å². The minimum Gasteiger partial charge on any atom is -0.465 e. The van der Waals surface area contributed by atoms with Crippen molar-refractivity contribution in [2.24, 2.45) is 5.11 Å². The van der Waals surface area contributed by atoms with Gasteiger partial charge in [-0.15, -0.1) is 0 Å². The molecule has 5 nitrogen and oxygen atoms in total. The molecule has 0 heterocycles. The van der Waals surface area contributed by atoms with Gasteiger partial charge in [0.2, 0.25) is 0 Å². The first-order chi connectivity index (χ1) is 11.8.